The van der Waals surface area contributed by atoms with Crippen LogP contribution in [-0.4, -0.2) is 26.4 Å². The molecule has 1 atom stereocenters. The molecular formula is C16H24BrNO2. The van der Waals surface area contributed by atoms with Crippen molar-refractivity contribution in [1.29, 1.82) is 0 Å². The van der Waals surface area contributed by atoms with Crippen molar-refractivity contribution < 1.29 is 9.47 Å². The fourth-order valence-electron chi connectivity index (χ4n) is 2.42. The van der Waals surface area contributed by atoms with E-state index in [9.17, 15) is 0 Å². The van der Waals surface area contributed by atoms with Crippen LogP contribution in [0.4, 0.5) is 0 Å². The number of benzene rings is 1. The maximum atomic E-state index is 5.80. The number of hydrogen-bond donors (Lipinski definition) is 1. The van der Waals surface area contributed by atoms with Crippen LogP contribution in [0.1, 0.15) is 31.7 Å². The highest BCUT2D eigenvalue weighted by molar-refractivity contribution is 9.10. The first-order valence-electron chi connectivity index (χ1n) is 7.49. The summed E-state index contributed by atoms with van der Waals surface area (Å²) in [6.07, 6.45) is 3.49. The Hall–Kier alpha value is -0.580. The second kappa shape index (κ2) is 8.65. The SMILES string of the molecule is CCCOc1ccc(Br)cc1CNCC1CCCOC1. The molecule has 1 aromatic rings. The van der Waals surface area contributed by atoms with Crippen LogP contribution >= 0.6 is 15.9 Å². The van der Waals surface area contributed by atoms with Gasteiger partial charge in [0.15, 0.2) is 0 Å². The molecule has 0 amide bonds. The van der Waals surface area contributed by atoms with Crippen molar-refractivity contribution in [3.8, 4) is 5.75 Å². The highest BCUT2D eigenvalue weighted by Crippen LogP contribution is 2.23. The number of ether oxygens (including phenoxy) is 2. The van der Waals surface area contributed by atoms with E-state index in [2.05, 4.69) is 34.2 Å². The summed E-state index contributed by atoms with van der Waals surface area (Å²) >= 11 is 3.53. The van der Waals surface area contributed by atoms with Crippen LogP contribution in [0.25, 0.3) is 0 Å². The summed E-state index contributed by atoms with van der Waals surface area (Å²) in [6, 6.07) is 6.21. The van der Waals surface area contributed by atoms with Gasteiger partial charge in [-0.25, -0.2) is 0 Å². The van der Waals surface area contributed by atoms with Gasteiger partial charge in [0.1, 0.15) is 5.75 Å². The molecule has 1 aliphatic rings. The Kier molecular flexibility index (Phi) is 6.83. The lowest BCUT2D eigenvalue weighted by atomic mass is 10.0. The van der Waals surface area contributed by atoms with E-state index in [1.54, 1.807) is 0 Å². The first-order valence-corrected chi connectivity index (χ1v) is 8.28. The molecule has 1 heterocycles. The van der Waals surface area contributed by atoms with Gasteiger partial charge >= 0.3 is 0 Å². The Labute approximate surface area is 130 Å². The van der Waals surface area contributed by atoms with Crippen LogP contribution in [0, 0.1) is 5.92 Å². The van der Waals surface area contributed by atoms with Crippen molar-refractivity contribution in [3.63, 3.8) is 0 Å². The van der Waals surface area contributed by atoms with E-state index in [-0.39, 0.29) is 0 Å². The Balaban J connectivity index is 1.85. The third kappa shape index (κ3) is 5.08. The first-order chi connectivity index (χ1) is 9.79. The predicted molar refractivity (Wildman–Crippen MR) is 85.2 cm³/mol. The Morgan fingerprint density at radius 2 is 2.35 bits per heavy atom. The van der Waals surface area contributed by atoms with E-state index in [1.165, 1.54) is 18.4 Å². The van der Waals surface area contributed by atoms with Gasteiger partial charge in [0.2, 0.25) is 0 Å². The minimum Gasteiger partial charge on any atom is -0.493 e. The van der Waals surface area contributed by atoms with Crippen LogP contribution in [0.5, 0.6) is 5.75 Å². The molecule has 0 saturated carbocycles. The van der Waals surface area contributed by atoms with Gasteiger partial charge in [-0.3, -0.25) is 0 Å². The smallest absolute Gasteiger partial charge is 0.123 e. The maximum absolute atomic E-state index is 5.80. The largest absolute Gasteiger partial charge is 0.493 e. The summed E-state index contributed by atoms with van der Waals surface area (Å²) in [5, 5.41) is 3.53. The molecule has 1 N–H and O–H groups in total. The number of hydrogen-bond acceptors (Lipinski definition) is 3. The third-order valence-corrected chi connectivity index (χ3v) is 3.98. The quantitative estimate of drug-likeness (QED) is 0.819. The molecule has 1 unspecified atom stereocenters. The summed E-state index contributed by atoms with van der Waals surface area (Å²) in [4.78, 5) is 0. The van der Waals surface area contributed by atoms with Crippen LogP contribution in [-0.2, 0) is 11.3 Å². The van der Waals surface area contributed by atoms with Crippen molar-refractivity contribution in [1.82, 2.24) is 5.32 Å². The molecule has 2 rings (SSSR count). The van der Waals surface area contributed by atoms with Crippen molar-refractivity contribution in [2.24, 2.45) is 5.92 Å². The number of nitrogens with one attached hydrogen (secondary N) is 1. The van der Waals surface area contributed by atoms with Crippen LogP contribution in [0.3, 0.4) is 0 Å². The average molecular weight is 342 g/mol. The fraction of sp³-hybridized carbons (Fsp3) is 0.625. The number of rotatable bonds is 7. The van der Waals surface area contributed by atoms with Crippen LogP contribution < -0.4 is 10.1 Å². The first kappa shape index (κ1) is 15.8. The van der Waals surface area contributed by atoms with E-state index in [1.807, 2.05) is 12.1 Å². The molecule has 3 nitrogen and oxygen atoms in total. The van der Waals surface area contributed by atoms with E-state index < -0.39 is 0 Å². The van der Waals surface area contributed by atoms with Gasteiger partial charge in [0.05, 0.1) is 13.2 Å². The molecular weight excluding hydrogens is 318 g/mol. The van der Waals surface area contributed by atoms with Gasteiger partial charge in [-0.2, -0.15) is 0 Å². The summed E-state index contributed by atoms with van der Waals surface area (Å²) in [5.74, 6) is 1.64. The summed E-state index contributed by atoms with van der Waals surface area (Å²) in [6.45, 7) is 6.57. The lowest BCUT2D eigenvalue weighted by Crippen LogP contribution is -2.29. The summed E-state index contributed by atoms with van der Waals surface area (Å²) < 4.78 is 12.4. The van der Waals surface area contributed by atoms with E-state index in [0.29, 0.717) is 5.92 Å². The molecule has 112 valence electrons. The molecule has 1 aromatic carbocycles. The average Bonchev–Trinajstić information content (AvgIpc) is 2.47. The molecule has 20 heavy (non-hydrogen) atoms. The fourth-order valence-corrected chi connectivity index (χ4v) is 2.83. The second-order valence-electron chi connectivity index (χ2n) is 5.31. The summed E-state index contributed by atoms with van der Waals surface area (Å²) in [7, 11) is 0. The minimum atomic E-state index is 0.649. The predicted octanol–water partition coefficient (Wildman–Crippen LogP) is 3.75. The third-order valence-electron chi connectivity index (χ3n) is 3.49. The highest BCUT2D eigenvalue weighted by atomic mass is 79.9. The molecule has 4 heteroatoms. The van der Waals surface area contributed by atoms with Gasteiger partial charge < -0.3 is 14.8 Å². The molecule has 1 fully saturated rings. The molecule has 0 radical (unpaired) electrons. The zero-order valence-electron chi connectivity index (χ0n) is 12.2. The zero-order chi connectivity index (χ0) is 14.2. The Morgan fingerprint density at radius 1 is 1.45 bits per heavy atom. The Bertz CT molecular complexity index is 405. The lowest BCUT2D eigenvalue weighted by Gasteiger charge is -2.22. The molecule has 1 aliphatic heterocycles. The second-order valence-corrected chi connectivity index (χ2v) is 6.23. The normalized spacial score (nSPS) is 19.0. The van der Waals surface area contributed by atoms with E-state index >= 15 is 0 Å². The maximum Gasteiger partial charge on any atom is 0.123 e. The lowest BCUT2D eigenvalue weighted by molar-refractivity contribution is 0.0547. The van der Waals surface area contributed by atoms with E-state index in [4.69, 9.17) is 9.47 Å². The minimum absolute atomic E-state index is 0.649. The van der Waals surface area contributed by atoms with Gasteiger partial charge in [0.25, 0.3) is 0 Å². The molecule has 0 bridgehead atoms. The number of halogens is 1. The molecule has 0 aromatic heterocycles. The van der Waals surface area contributed by atoms with E-state index in [0.717, 1.165) is 49.6 Å². The van der Waals surface area contributed by atoms with Gasteiger partial charge in [-0.1, -0.05) is 22.9 Å². The molecule has 1 saturated heterocycles. The van der Waals surface area contributed by atoms with Gasteiger partial charge in [0, 0.05) is 29.7 Å². The summed E-state index contributed by atoms with van der Waals surface area (Å²) in [5.41, 5.74) is 1.21. The highest BCUT2D eigenvalue weighted by Gasteiger charge is 2.13. The standard InChI is InChI=1S/C16H24BrNO2/c1-2-7-20-16-6-5-15(17)9-14(16)11-18-10-13-4-3-8-19-12-13/h5-6,9,13,18H,2-4,7-8,10-12H2,1H3. The van der Waals surface area contributed by atoms with Crippen molar-refractivity contribution in [2.45, 2.75) is 32.7 Å². The molecule has 0 aliphatic carbocycles. The molecule has 0 spiro atoms. The van der Waals surface area contributed by atoms with Crippen molar-refractivity contribution in [2.75, 3.05) is 26.4 Å². The van der Waals surface area contributed by atoms with Crippen LogP contribution in [0.15, 0.2) is 22.7 Å². The van der Waals surface area contributed by atoms with Gasteiger partial charge in [-0.05, 0) is 43.4 Å². The topological polar surface area (TPSA) is 30.5 Å². The van der Waals surface area contributed by atoms with Crippen LogP contribution in [0.2, 0.25) is 0 Å². The Morgan fingerprint density at radius 3 is 3.10 bits per heavy atom. The monoisotopic (exact) mass is 341 g/mol. The van der Waals surface area contributed by atoms with Crippen molar-refractivity contribution >= 4 is 15.9 Å². The van der Waals surface area contributed by atoms with Gasteiger partial charge in [-0.15, -0.1) is 0 Å². The zero-order valence-corrected chi connectivity index (χ0v) is 13.7. The van der Waals surface area contributed by atoms with Crippen molar-refractivity contribution in [3.05, 3.63) is 28.2 Å².